The lowest BCUT2D eigenvalue weighted by Gasteiger charge is -2.31. The van der Waals surface area contributed by atoms with E-state index in [-0.39, 0.29) is 5.40 Å². The molecule has 0 bridgehead atoms. The molecule has 1 aliphatic heterocycles. The van der Waals surface area contributed by atoms with Gasteiger partial charge in [-0.1, -0.05) is 60.7 Å². The molecule has 1 aliphatic carbocycles. The fraction of sp³-hybridized carbons (Fsp3) is 0.100. The molecule has 3 aromatic carbocycles. The van der Waals surface area contributed by atoms with Crippen LogP contribution in [0.5, 0.6) is 5.75 Å². The van der Waals surface area contributed by atoms with Crippen LogP contribution < -0.4 is 4.74 Å². The molecule has 23 heavy (non-hydrogen) atoms. The standard InChI is InChI=1S/C20H16B2O/c21-20(22)10-9-16-17-11-12-5-1-2-6-13(12)18(17)14-7-3-4-8-15(14)19(16)23-20/h1-10H,11,21-22H2. The number of ether oxygens (including phenoxy) is 1. The van der Waals surface area contributed by atoms with Crippen LogP contribution in [0.4, 0.5) is 0 Å². The molecule has 0 spiro atoms. The summed E-state index contributed by atoms with van der Waals surface area (Å²) in [6, 6.07) is 17.4. The van der Waals surface area contributed by atoms with Crippen molar-refractivity contribution in [1.29, 1.82) is 0 Å². The summed E-state index contributed by atoms with van der Waals surface area (Å²) in [6.07, 6.45) is 5.43. The van der Waals surface area contributed by atoms with E-state index in [2.05, 4.69) is 76.4 Å². The van der Waals surface area contributed by atoms with Gasteiger partial charge in [0.25, 0.3) is 0 Å². The SMILES string of the molecule is BC1(B)C=Cc2c3c(c4ccccc4c2O1)-c1ccccc1C3. The summed E-state index contributed by atoms with van der Waals surface area (Å²) in [5.41, 5.74) is 6.85. The minimum Gasteiger partial charge on any atom is -0.500 e. The Kier molecular flexibility index (Phi) is 2.45. The minimum atomic E-state index is -0.255. The van der Waals surface area contributed by atoms with Crippen LogP contribution in [0.1, 0.15) is 16.7 Å². The molecular weight excluding hydrogens is 278 g/mol. The number of hydrogen-bond donors (Lipinski definition) is 0. The van der Waals surface area contributed by atoms with Gasteiger partial charge >= 0.3 is 0 Å². The molecule has 3 aromatic rings. The normalized spacial score (nSPS) is 16.5. The average Bonchev–Trinajstić information content (AvgIpc) is 2.94. The second kappa shape index (κ2) is 4.32. The number of benzene rings is 3. The Balaban J connectivity index is 1.94. The smallest absolute Gasteiger partial charge is 0.152 e. The summed E-state index contributed by atoms with van der Waals surface area (Å²) in [6.45, 7) is 0. The van der Waals surface area contributed by atoms with Gasteiger partial charge in [-0.25, -0.2) is 0 Å². The van der Waals surface area contributed by atoms with Crippen molar-refractivity contribution in [2.45, 2.75) is 11.8 Å². The van der Waals surface area contributed by atoms with E-state index in [4.69, 9.17) is 4.74 Å². The molecule has 5 rings (SSSR count). The molecule has 0 N–H and O–H groups in total. The van der Waals surface area contributed by atoms with Crippen LogP contribution in [0, 0.1) is 0 Å². The lowest BCUT2D eigenvalue weighted by molar-refractivity contribution is 0.288. The third-order valence-corrected chi connectivity index (χ3v) is 4.98. The van der Waals surface area contributed by atoms with Crippen LogP contribution in [-0.2, 0) is 6.42 Å². The van der Waals surface area contributed by atoms with E-state index < -0.39 is 0 Å². The van der Waals surface area contributed by atoms with Gasteiger partial charge in [0.15, 0.2) is 15.7 Å². The molecule has 1 heterocycles. The molecule has 2 aliphatic rings. The zero-order valence-corrected chi connectivity index (χ0v) is 13.4. The van der Waals surface area contributed by atoms with E-state index in [1.807, 2.05) is 0 Å². The van der Waals surface area contributed by atoms with E-state index in [1.54, 1.807) is 0 Å². The predicted octanol–water partition coefficient (Wildman–Crippen LogP) is 2.74. The van der Waals surface area contributed by atoms with Crippen LogP contribution in [0.2, 0.25) is 0 Å². The van der Waals surface area contributed by atoms with Gasteiger partial charge in [-0.2, -0.15) is 0 Å². The molecule has 0 fully saturated rings. The lowest BCUT2D eigenvalue weighted by Crippen LogP contribution is -2.36. The van der Waals surface area contributed by atoms with Crippen molar-refractivity contribution >= 4 is 32.5 Å². The van der Waals surface area contributed by atoms with E-state index >= 15 is 0 Å². The molecule has 0 amide bonds. The van der Waals surface area contributed by atoms with Gasteiger partial charge in [0.05, 0.1) is 5.40 Å². The van der Waals surface area contributed by atoms with Crippen molar-refractivity contribution in [1.82, 2.24) is 0 Å². The monoisotopic (exact) mass is 294 g/mol. The topological polar surface area (TPSA) is 9.23 Å². The van der Waals surface area contributed by atoms with Gasteiger partial charge < -0.3 is 4.74 Å². The first-order chi connectivity index (χ1) is 11.1. The average molecular weight is 294 g/mol. The van der Waals surface area contributed by atoms with Gasteiger partial charge in [-0.3, -0.25) is 0 Å². The van der Waals surface area contributed by atoms with Gasteiger partial charge in [-0.05, 0) is 34.1 Å². The quantitative estimate of drug-likeness (QED) is 0.453. The van der Waals surface area contributed by atoms with Crippen LogP contribution in [0.3, 0.4) is 0 Å². The molecule has 108 valence electrons. The second-order valence-corrected chi connectivity index (χ2v) is 7.01. The largest absolute Gasteiger partial charge is 0.500 e. The molecule has 0 saturated carbocycles. The van der Waals surface area contributed by atoms with E-state index in [1.165, 1.54) is 38.6 Å². The summed E-state index contributed by atoms with van der Waals surface area (Å²) in [5, 5.41) is 2.27. The van der Waals surface area contributed by atoms with Crippen LogP contribution in [0.25, 0.3) is 28.0 Å². The second-order valence-electron chi connectivity index (χ2n) is 7.01. The highest BCUT2D eigenvalue weighted by Gasteiger charge is 2.30. The van der Waals surface area contributed by atoms with Gasteiger partial charge in [0.2, 0.25) is 0 Å². The maximum atomic E-state index is 6.37. The van der Waals surface area contributed by atoms with E-state index in [9.17, 15) is 0 Å². The van der Waals surface area contributed by atoms with Crippen LogP contribution >= 0.6 is 0 Å². The fourth-order valence-corrected chi connectivity index (χ4v) is 3.95. The first-order valence-corrected chi connectivity index (χ1v) is 8.18. The summed E-state index contributed by atoms with van der Waals surface area (Å²) < 4.78 is 6.37. The van der Waals surface area contributed by atoms with E-state index in [0.717, 1.165) is 12.2 Å². The molecular formula is C20H16B2O. The Hall–Kier alpha value is -2.41. The zero-order chi connectivity index (χ0) is 15.6. The highest BCUT2D eigenvalue weighted by molar-refractivity contribution is 6.41. The van der Waals surface area contributed by atoms with Gasteiger partial charge in [0.1, 0.15) is 5.75 Å². The first-order valence-electron chi connectivity index (χ1n) is 8.18. The van der Waals surface area contributed by atoms with Crippen LogP contribution in [0.15, 0.2) is 54.6 Å². The Morgan fingerprint density at radius 3 is 2.52 bits per heavy atom. The lowest BCUT2D eigenvalue weighted by atomic mass is 9.64. The third-order valence-electron chi connectivity index (χ3n) is 4.98. The van der Waals surface area contributed by atoms with Crippen molar-refractivity contribution < 1.29 is 4.74 Å². The van der Waals surface area contributed by atoms with Crippen molar-refractivity contribution in [3.63, 3.8) is 0 Å². The third kappa shape index (κ3) is 1.77. The van der Waals surface area contributed by atoms with E-state index in [0.29, 0.717) is 0 Å². The summed E-state index contributed by atoms with van der Waals surface area (Å²) in [7, 11) is 4.23. The Morgan fingerprint density at radius 2 is 1.65 bits per heavy atom. The predicted molar refractivity (Wildman–Crippen MR) is 102 cm³/mol. The fourth-order valence-electron chi connectivity index (χ4n) is 3.95. The zero-order valence-electron chi connectivity index (χ0n) is 13.4. The first kappa shape index (κ1) is 13.1. The molecule has 0 atom stereocenters. The number of fused-ring (bicyclic) bond motifs is 8. The summed E-state index contributed by atoms with van der Waals surface area (Å²) >= 11 is 0. The molecule has 3 heteroatoms. The maximum absolute atomic E-state index is 6.37. The van der Waals surface area contributed by atoms with Crippen LogP contribution in [-0.4, -0.2) is 21.1 Å². The molecule has 1 nitrogen and oxygen atoms in total. The molecule has 0 saturated heterocycles. The highest BCUT2D eigenvalue weighted by atomic mass is 16.5. The maximum Gasteiger partial charge on any atom is 0.152 e. The van der Waals surface area contributed by atoms with Gasteiger partial charge in [-0.15, -0.1) is 0 Å². The Bertz CT molecular complexity index is 1000. The number of rotatable bonds is 0. The summed E-state index contributed by atoms with van der Waals surface area (Å²) in [4.78, 5) is 0. The van der Waals surface area contributed by atoms with Crippen molar-refractivity contribution in [2.75, 3.05) is 0 Å². The molecule has 0 radical (unpaired) electrons. The van der Waals surface area contributed by atoms with Crippen molar-refractivity contribution in [3.8, 4) is 16.9 Å². The number of hydrogen-bond acceptors (Lipinski definition) is 1. The molecule has 0 aromatic heterocycles. The summed E-state index contributed by atoms with van der Waals surface area (Å²) in [5.74, 6) is 1.04. The van der Waals surface area contributed by atoms with Gasteiger partial charge in [0, 0.05) is 10.9 Å². The minimum absolute atomic E-state index is 0.255. The highest BCUT2D eigenvalue weighted by Crippen LogP contribution is 2.49. The van der Waals surface area contributed by atoms with Crippen molar-refractivity contribution in [2.24, 2.45) is 0 Å². The van der Waals surface area contributed by atoms with Crippen molar-refractivity contribution in [3.05, 3.63) is 71.3 Å². The Morgan fingerprint density at radius 1 is 0.913 bits per heavy atom. The Labute approximate surface area is 137 Å². The molecule has 0 unspecified atom stereocenters.